The molecule has 6 rings (SSSR count). The van der Waals surface area contributed by atoms with Crippen LogP contribution in [0.1, 0.15) is 84.1 Å². The van der Waals surface area contributed by atoms with Crippen molar-refractivity contribution in [2.75, 3.05) is 20.2 Å². The number of methoxy groups -OCH3 is 1. The highest BCUT2D eigenvalue weighted by Gasteiger charge is 2.30. The van der Waals surface area contributed by atoms with E-state index in [1.807, 2.05) is 65.3 Å². The number of carbonyl (C=O) groups excluding carboxylic acids is 2. The summed E-state index contributed by atoms with van der Waals surface area (Å²) in [6.45, 7) is 10.3. The van der Waals surface area contributed by atoms with Gasteiger partial charge in [-0.3, -0.25) is 9.59 Å². The Morgan fingerprint density at radius 2 is 1.56 bits per heavy atom. The van der Waals surface area contributed by atoms with Gasteiger partial charge in [0.25, 0.3) is 11.8 Å². The molecule has 7 nitrogen and oxygen atoms in total. The van der Waals surface area contributed by atoms with Gasteiger partial charge in [0.15, 0.2) is 5.69 Å². The summed E-state index contributed by atoms with van der Waals surface area (Å²) in [5, 5.41) is 6.93. The van der Waals surface area contributed by atoms with Gasteiger partial charge in [-0.2, -0.15) is 5.10 Å². The van der Waals surface area contributed by atoms with Gasteiger partial charge in [-0.15, -0.1) is 0 Å². The van der Waals surface area contributed by atoms with Gasteiger partial charge in [-0.25, -0.2) is 4.68 Å². The summed E-state index contributed by atoms with van der Waals surface area (Å²) in [6, 6.07) is 28.5. The molecule has 0 fully saturated rings. The minimum Gasteiger partial charge on any atom is -0.496 e. The highest BCUT2D eigenvalue weighted by molar-refractivity contribution is 6.03. The molecule has 0 spiro atoms. The molecule has 5 aromatic rings. The Balaban J connectivity index is 1.46. The number of aryl methyl sites for hydroxylation is 1. The number of rotatable bonds is 11. The van der Waals surface area contributed by atoms with Crippen LogP contribution in [0, 0.1) is 6.92 Å². The van der Waals surface area contributed by atoms with Crippen LogP contribution in [0.5, 0.6) is 5.75 Å². The smallest absolute Gasteiger partial charge is 0.274 e. The van der Waals surface area contributed by atoms with Crippen molar-refractivity contribution in [3.05, 3.63) is 113 Å². The lowest BCUT2D eigenvalue weighted by molar-refractivity contribution is 0.0658. The zero-order valence-corrected chi connectivity index (χ0v) is 28.8. The number of benzene rings is 4. The number of aromatic nitrogens is 2. The maximum atomic E-state index is 14.7. The van der Waals surface area contributed by atoms with E-state index in [0.717, 1.165) is 65.4 Å². The van der Waals surface area contributed by atoms with E-state index >= 15 is 0 Å². The van der Waals surface area contributed by atoms with Crippen LogP contribution in [0.2, 0.25) is 0 Å². The minimum absolute atomic E-state index is 0.0206. The highest BCUT2D eigenvalue weighted by atomic mass is 16.5. The summed E-state index contributed by atoms with van der Waals surface area (Å²) in [5.74, 6) is 0.690. The second-order valence-corrected chi connectivity index (χ2v) is 12.9. The molecule has 0 radical (unpaired) electrons. The van der Waals surface area contributed by atoms with Crippen molar-refractivity contribution < 1.29 is 14.3 Å². The van der Waals surface area contributed by atoms with Crippen molar-refractivity contribution in [3.8, 4) is 22.6 Å². The molecular formula is C41H46N4O3. The third kappa shape index (κ3) is 6.46. The number of nitrogens with zero attached hydrogens (tertiary/aromatic N) is 4. The van der Waals surface area contributed by atoms with Crippen LogP contribution in [-0.2, 0) is 13.0 Å². The number of carbonyl (C=O) groups is 2. The largest absolute Gasteiger partial charge is 0.496 e. The van der Waals surface area contributed by atoms with Crippen LogP contribution >= 0.6 is 0 Å². The molecule has 248 valence electrons. The molecule has 1 aliphatic rings. The van der Waals surface area contributed by atoms with Crippen molar-refractivity contribution in [2.24, 2.45) is 0 Å². The molecular weight excluding hydrogens is 596 g/mol. The molecule has 1 atom stereocenters. The third-order valence-corrected chi connectivity index (χ3v) is 9.59. The molecule has 4 aromatic carbocycles. The van der Waals surface area contributed by atoms with Gasteiger partial charge >= 0.3 is 0 Å². The van der Waals surface area contributed by atoms with E-state index in [9.17, 15) is 9.59 Å². The predicted molar refractivity (Wildman–Crippen MR) is 193 cm³/mol. The molecule has 0 aliphatic carbocycles. The lowest BCUT2D eigenvalue weighted by atomic mass is 9.92. The average molecular weight is 643 g/mol. The van der Waals surface area contributed by atoms with Crippen molar-refractivity contribution >= 4 is 22.6 Å². The Labute approximate surface area is 284 Å². The molecule has 0 saturated carbocycles. The van der Waals surface area contributed by atoms with Gasteiger partial charge in [-0.05, 0) is 85.0 Å². The number of hydrogen-bond acceptors (Lipinski definition) is 4. The Morgan fingerprint density at radius 3 is 2.27 bits per heavy atom. The Bertz CT molecular complexity index is 1940. The van der Waals surface area contributed by atoms with Gasteiger partial charge in [0.2, 0.25) is 0 Å². The summed E-state index contributed by atoms with van der Waals surface area (Å²) < 4.78 is 7.44. The second kappa shape index (κ2) is 14.5. The molecule has 7 heteroatoms. The number of unbranched alkanes of at least 4 members (excludes halogenated alkanes) is 2. The van der Waals surface area contributed by atoms with Crippen molar-refractivity contribution in [1.82, 2.24) is 19.6 Å². The monoisotopic (exact) mass is 642 g/mol. The van der Waals surface area contributed by atoms with Crippen LogP contribution in [0.3, 0.4) is 0 Å². The van der Waals surface area contributed by atoms with E-state index in [1.165, 1.54) is 11.1 Å². The van der Waals surface area contributed by atoms with Gasteiger partial charge in [-0.1, -0.05) is 87.4 Å². The van der Waals surface area contributed by atoms with Gasteiger partial charge in [0.05, 0.1) is 18.4 Å². The second-order valence-electron chi connectivity index (χ2n) is 12.9. The number of ether oxygens (including phenoxy) is 1. The molecule has 1 aliphatic heterocycles. The molecule has 0 unspecified atom stereocenters. The molecule has 2 heterocycles. The first-order valence-electron chi connectivity index (χ1n) is 17.3. The van der Waals surface area contributed by atoms with E-state index in [4.69, 9.17) is 9.84 Å². The number of fused-ring (bicyclic) bond motifs is 2. The van der Waals surface area contributed by atoms with Crippen LogP contribution in [0.4, 0.5) is 0 Å². The van der Waals surface area contributed by atoms with Gasteiger partial charge < -0.3 is 14.5 Å². The summed E-state index contributed by atoms with van der Waals surface area (Å²) >= 11 is 0. The number of hydrogen-bond donors (Lipinski definition) is 0. The van der Waals surface area contributed by atoms with Crippen LogP contribution in [0.15, 0.2) is 84.9 Å². The van der Waals surface area contributed by atoms with E-state index in [0.29, 0.717) is 36.6 Å². The van der Waals surface area contributed by atoms with E-state index < -0.39 is 0 Å². The predicted octanol–water partition coefficient (Wildman–Crippen LogP) is 8.64. The quantitative estimate of drug-likeness (QED) is 0.145. The lowest BCUT2D eigenvalue weighted by Gasteiger charge is -2.35. The first-order valence-corrected chi connectivity index (χ1v) is 17.3. The molecule has 0 N–H and O–H groups in total. The molecule has 0 saturated heterocycles. The molecule has 48 heavy (non-hydrogen) atoms. The minimum atomic E-state index is -0.0609. The summed E-state index contributed by atoms with van der Waals surface area (Å²) in [6.07, 6.45) is 4.73. The van der Waals surface area contributed by atoms with Crippen molar-refractivity contribution in [2.45, 2.75) is 72.4 Å². The lowest BCUT2D eigenvalue weighted by Crippen LogP contribution is -2.43. The highest BCUT2D eigenvalue weighted by Crippen LogP contribution is 2.36. The zero-order valence-electron chi connectivity index (χ0n) is 28.8. The maximum absolute atomic E-state index is 14.7. The summed E-state index contributed by atoms with van der Waals surface area (Å²) in [4.78, 5) is 32.4. The van der Waals surface area contributed by atoms with Crippen LogP contribution in [-0.4, -0.2) is 57.6 Å². The van der Waals surface area contributed by atoms with E-state index in [1.54, 1.807) is 11.8 Å². The van der Waals surface area contributed by atoms with Crippen molar-refractivity contribution in [3.63, 3.8) is 0 Å². The maximum Gasteiger partial charge on any atom is 0.274 e. The van der Waals surface area contributed by atoms with E-state index in [2.05, 4.69) is 57.2 Å². The fourth-order valence-corrected chi connectivity index (χ4v) is 6.86. The van der Waals surface area contributed by atoms with Crippen LogP contribution < -0.4 is 4.74 Å². The first-order chi connectivity index (χ1) is 23.3. The Hall–Kier alpha value is -4.91. The van der Waals surface area contributed by atoms with Crippen LogP contribution in [0.25, 0.3) is 27.6 Å². The molecule has 1 aromatic heterocycles. The fraction of sp³-hybridized carbons (Fsp3) is 0.341. The number of amides is 2. The molecule has 2 amide bonds. The third-order valence-electron chi connectivity index (χ3n) is 9.59. The summed E-state index contributed by atoms with van der Waals surface area (Å²) in [5.41, 5.74) is 6.83. The SMILES string of the molecule is CCCCN(CCCC)C(=O)c1cc(C)n(-c2ccc(-c3ccc(OC)c4ccccc34)cc2C(=O)N2Cc3ccccc3C[C@H]2C)n1. The fourth-order valence-electron chi connectivity index (χ4n) is 6.86. The Kier molecular flexibility index (Phi) is 9.95. The standard InChI is InChI=1S/C41H46N4O3/c1-6-8-22-43(23-9-7-2)41(47)37-25-29(4)45(42-37)38-20-18-31(33-19-21-39(48-5)35-17-13-12-16-34(33)35)26-36(38)40(46)44-27-32-15-11-10-14-30(32)24-28(44)3/h10-21,25-26,28H,6-9,22-24,27H2,1-5H3/t28-/m1/s1. The average Bonchev–Trinajstić information content (AvgIpc) is 3.51. The Morgan fingerprint density at radius 1 is 0.875 bits per heavy atom. The molecule has 0 bridgehead atoms. The topological polar surface area (TPSA) is 67.7 Å². The van der Waals surface area contributed by atoms with Gasteiger partial charge in [0.1, 0.15) is 5.75 Å². The normalized spacial score (nSPS) is 14.2. The van der Waals surface area contributed by atoms with E-state index in [-0.39, 0.29) is 17.9 Å². The van der Waals surface area contributed by atoms with Crippen molar-refractivity contribution in [1.29, 1.82) is 0 Å². The zero-order chi connectivity index (χ0) is 33.8. The summed E-state index contributed by atoms with van der Waals surface area (Å²) in [7, 11) is 1.68. The van der Waals surface area contributed by atoms with Gasteiger partial charge in [0, 0.05) is 36.8 Å². The first kappa shape index (κ1) is 33.0.